The molecule has 2 aromatic carbocycles. The Balaban J connectivity index is 1.49. The van der Waals surface area contributed by atoms with Crippen molar-refractivity contribution in [3.63, 3.8) is 0 Å². The summed E-state index contributed by atoms with van der Waals surface area (Å²) < 4.78 is 1.84. The molecule has 0 saturated carbocycles. The van der Waals surface area contributed by atoms with Crippen molar-refractivity contribution in [2.75, 3.05) is 5.32 Å². The van der Waals surface area contributed by atoms with E-state index in [9.17, 15) is 9.59 Å². The van der Waals surface area contributed by atoms with Crippen LogP contribution >= 0.6 is 11.8 Å². The third-order valence-corrected chi connectivity index (χ3v) is 5.82. The number of anilines is 1. The second-order valence-electron chi connectivity index (χ2n) is 7.16. The minimum absolute atomic E-state index is 0.0841. The molecule has 2 heterocycles. The Bertz CT molecular complexity index is 1340. The Labute approximate surface area is 188 Å². The molecule has 2 aromatic heterocycles. The number of thioether (sulfide) groups is 1. The van der Waals surface area contributed by atoms with Crippen molar-refractivity contribution >= 4 is 34.3 Å². The Kier molecular flexibility index (Phi) is 6.46. The average Bonchev–Trinajstić information content (AvgIpc) is 3.15. The molecule has 0 fully saturated rings. The largest absolute Gasteiger partial charge is 0.325 e. The first-order valence-corrected chi connectivity index (χ1v) is 11.0. The van der Waals surface area contributed by atoms with Crippen LogP contribution in [0.25, 0.3) is 10.9 Å². The van der Waals surface area contributed by atoms with E-state index in [1.165, 1.54) is 11.8 Å². The number of fused-ring (bicyclic) bond motifs is 1. The van der Waals surface area contributed by atoms with Crippen molar-refractivity contribution in [3.8, 4) is 0 Å². The molecule has 32 heavy (non-hydrogen) atoms. The van der Waals surface area contributed by atoms with Gasteiger partial charge < -0.3 is 14.9 Å². The molecule has 1 amide bonds. The second-order valence-corrected chi connectivity index (χ2v) is 8.10. The van der Waals surface area contributed by atoms with Gasteiger partial charge in [0, 0.05) is 12.2 Å². The molecule has 0 bridgehead atoms. The van der Waals surface area contributed by atoms with Gasteiger partial charge in [0.25, 0.3) is 5.56 Å². The lowest BCUT2D eigenvalue weighted by molar-refractivity contribution is -0.115. The van der Waals surface area contributed by atoms with Crippen LogP contribution in [0.1, 0.15) is 17.2 Å². The summed E-state index contributed by atoms with van der Waals surface area (Å²) in [6.45, 7) is 6.20. The lowest BCUT2D eigenvalue weighted by atomic mass is 10.2. The van der Waals surface area contributed by atoms with Gasteiger partial charge >= 0.3 is 0 Å². The van der Waals surface area contributed by atoms with Gasteiger partial charge in [0.2, 0.25) is 5.91 Å². The van der Waals surface area contributed by atoms with E-state index in [0.29, 0.717) is 40.0 Å². The van der Waals surface area contributed by atoms with E-state index in [1.54, 1.807) is 12.1 Å². The van der Waals surface area contributed by atoms with E-state index in [-0.39, 0.29) is 17.9 Å². The Morgan fingerprint density at radius 2 is 1.97 bits per heavy atom. The number of hydrogen-bond acceptors (Lipinski definition) is 6. The summed E-state index contributed by atoms with van der Waals surface area (Å²) in [4.78, 5) is 32.2. The summed E-state index contributed by atoms with van der Waals surface area (Å²) in [5, 5.41) is 12.5. The molecule has 8 nitrogen and oxygen atoms in total. The van der Waals surface area contributed by atoms with Gasteiger partial charge in [0.05, 0.1) is 23.1 Å². The van der Waals surface area contributed by atoms with Crippen molar-refractivity contribution in [2.24, 2.45) is 0 Å². The number of allylic oxidation sites excluding steroid dienone is 1. The summed E-state index contributed by atoms with van der Waals surface area (Å²) in [5.41, 5.74) is 2.23. The molecule has 0 atom stereocenters. The highest BCUT2D eigenvalue weighted by Gasteiger charge is 2.16. The molecule has 0 aliphatic carbocycles. The van der Waals surface area contributed by atoms with Crippen molar-refractivity contribution < 1.29 is 4.79 Å². The van der Waals surface area contributed by atoms with Crippen molar-refractivity contribution in [1.29, 1.82) is 0 Å². The monoisotopic (exact) mass is 446 g/mol. The van der Waals surface area contributed by atoms with Crippen molar-refractivity contribution in [1.82, 2.24) is 24.7 Å². The fourth-order valence-corrected chi connectivity index (χ4v) is 4.09. The number of H-pyrrole nitrogens is 1. The van der Waals surface area contributed by atoms with E-state index < -0.39 is 0 Å². The maximum atomic E-state index is 12.6. The topological polar surface area (TPSA) is 106 Å². The lowest BCUT2D eigenvalue weighted by Gasteiger charge is -2.10. The highest BCUT2D eigenvalue weighted by molar-refractivity contribution is 7.98. The third-order valence-electron chi connectivity index (χ3n) is 4.84. The number of nitrogens with one attached hydrogen (secondary N) is 2. The van der Waals surface area contributed by atoms with Gasteiger partial charge in [-0.2, -0.15) is 0 Å². The van der Waals surface area contributed by atoms with Crippen LogP contribution in [0, 0.1) is 6.92 Å². The van der Waals surface area contributed by atoms with Gasteiger partial charge in [0.1, 0.15) is 11.6 Å². The van der Waals surface area contributed by atoms with Gasteiger partial charge in [0.15, 0.2) is 5.16 Å². The number of benzene rings is 2. The van der Waals surface area contributed by atoms with E-state index in [0.717, 1.165) is 11.3 Å². The van der Waals surface area contributed by atoms with Crippen LogP contribution in [-0.2, 0) is 23.5 Å². The standard InChI is InChI=1S/C23H22N6O2S/c1-3-12-29-20(13-21(30)25-17-10-6-4-8-15(17)2)27-28-23(29)32-14-19-24-18-11-7-5-9-16(18)22(31)26-19/h3-11H,1,12-14H2,2H3,(H,25,30)(H,24,26,31). The molecule has 4 rings (SSSR count). The minimum Gasteiger partial charge on any atom is -0.325 e. The first kappa shape index (κ1) is 21.5. The van der Waals surface area contributed by atoms with Crippen molar-refractivity contribution in [2.45, 2.75) is 30.8 Å². The number of nitrogens with zero attached hydrogens (tertiary/aromatic N) is 4. The molecule has 0 aliphatic rings. The van der Waals surface area contributed by atoms with E-state index in [4.69, 9.17) is 0 Å². The first-order chi connectivity index (χ1) is 15.5. The number of rotatable bonds is 8. The molecule has 0 spiro atoms. The quantitative estimate of drug-likeness (QED) is 0.317. The minimum atomic E-state index is -0.174. The molecule has 4 aromatic rings. The van der Waals surface area contributed by atoms with Gasteiger partial charge in [-0.3, -0.25) is 9.59 Å². The maximum Gasteiger partial charge on any atom is 0.258 e. The number of amides is 1. The maximum absolute atomic E-state index is 12.6. The van der Waals surface area contributed by atoms with Crippen LogP contribution in [0.2, 0.25) is 0 Å². The smallest absolute Gasteiger partial charge is 0.258 e. The fraction of sp³-hybridized carbons (Fsp3) is 0.174. The molecule has 0 radical (unpaired) electrons. The zero-order chi connectivity index (χ0) is 22.5. The van der Waals surface area contributed by atoms with E-state index >= 15 is 0 Å². The fourth-order valence-electron chi connectivity index (χ4n) is 3.26. The number of aromatic nitrogens is 5. The Morgan fingerprint density at radius 1 is 1.19 bits per heavy atom. The molecule has 0 unspecified atom stereocenters. The summed E-state index contributed by atoms with van der Waals surface area (Å²) in [6.07, 6.45) is 1.81. The summed E-state index contributed by atoms with van der Waals surface area (Å²) in [7, 11) is 0. The number of hydrogen-bond donors (Lipinski definition) is 2. The molecule has 0 saturated heterocycles. The zero-order valence-electron chi connectivity index (χ0n) is 17.5. The highest BCUT2D eigenvalue weighted by Crippen LogP contribution is 2.22. The van der Waals surface area contributed by atoms with Crippen LogP contribution in [0.5, 0.6) is 0 Å². The van der Waals surface area contributed by atoms with E-state index in [2.05, 4.69) is 32.1 Å². The van der Waals surface area contributed by atoms with E-state index in [1.807, 2.05) is 54.0 Å². The zero-order valence-corrected chi connectivity index (χ0v) is 18.4. The molecule has 2 N–H and O–H groups in total. The first-order valence-electron chi connectivity index (χ1n) is 10.0. The number of carbonyl (C=O) groups excluding carboxylic acids is 1. The highest BCUT2D eigenvalue weighted by atomic mass is 32.2. The second kappa shape index (κ2) is 9.61. The number of para-hydroxylation sites is 2. The molecular formula is C23H22N6O2S. The summed E-state index contributed by atoms with van der Waals surface area (Å²) in [5.74, 6) is 1.32. The molecular weight excluding hydrogens is 424 g/mol. The van der Waals surface area contributed by atoms with Crippen LogP contribution in [0.4, 0.5) is 5.69 Å². The van der Waals surface area contributed by atoms with Crippen LogP contribution in [0.15, 0.2) is 71.1 Å². The normalized spacial score (nSPS) is 10.9. The van der Waals surface area contributed by atoms with Gasteiger partial charge in [-0.15, -0.1) is 16.8 Å². The Morgan fingerprint density at radius 3 is 2.78 bits per heavy atom. The molecule has 162 valence electrons. The van der Waals surface area contributed by atoms with Crippen LogP contribution < -0.4 is 10.9 Å². The number of carbonyl (C=O) groups is 1. The van der Waals surface area contributed by atoms with Gasteiger partial charge in [-0.05, 0) is 30.7 Å². The lowest BCUT2D eigenvalue weighted by Crippen LogP contribution is -2.18. The number of aromatic amines is 1. The van der Waals surface area contributed by atoms with Gasteiger partial charge in [-0.25, -0.2) is 4.98 Å². The predicted octanol–water partition coefficient (Wildman–Crippen LogP) is 3.48. The van der Waals surface area contributed by atoms with Crippen molar-refractivity contribution in [3.05, 3.63) is 88.8 Å². The SMILES string of the molecule is C=CCn1c(CC(=O)Nc2ccccc2C)nnc1SCc1nc2ccccc2c(=O)[nH]1. The number of aryl methyl sites for hydroxylation is 1. The molecule has 0 aliphatic heterocycles. The summed E-state index contributed by atoms with van der Waals surface area (Å²) >= 11 is 1.39. The average molecular weight is 447 g/mol. The van der Waals surface area contributed by atoms with Crippen LogP contribution in [-0.4, -0.2) is 30.6 Å². The summed E-state index contributed by atoms with van der Waals surface area (Å²) in [6, 6.07) is 14.8. The van der Waals surface area contributed by atoms with Crippen LogP contribution in [0.3, 0.4) is 0 Å². The Hall–Kier alpha value is -3.72. The predicted molar refractivity (Wildman–Crippen MR) is 126 cm³/mol. The molecule has 9 heteroatoms. The van der Waals surface area contributed by atoms with Gasteiger partial charge in [-0.1, -0.05) is 48.2 Å². The third kappa shape index (κ3) is 4.78.